The molecule has 0 heterocycles. The summed E-state index contributed by atoms with van der Waals surface area (Å²) in [7, 11) is -0.0367. The molecule has 0 bridgehead atoms. The van der Waals surface area contributed by atoms with Gasteiger partial charge in [0.05, 0.1) is 24.5 Å². The zero-order valence-corrected chi connectivity index (χ0v) is 10.6. The molecule has 0 aromatic carbocycles. The summed E-state index contributed by atoms with van der Waals surface area (Å²) in [4.78, 5) is 19.6. The van der Waals surface area contributed by atoms with Crippen LogP contribution in [0.4, 0.5) is 0 Å². The summed E-state index contributed by atoms with van der Waals surface area (Å²) in [6.07, 6.45) is 0. The van der Waals surface area contributed by atoms with Gasteiger partial charge in [0.15, 0.2) is 0 Å². The predicted molar refractivity (Wildman–Crippen MR) is 58.8 cm³/mol. The van der Waals surface area contributed by atoms with Crippen molar-refractivity contribution < 1.29 is 19.1 Å². The Bertz CT molecular complexity index is 197. The molecule has 15 heavy (non-hydrogen) atoms. The molecule has 0 rings (SSSR count). The highest BCUT2D eigenvalue weighted by Crippen LogP contribution is 2.50. The Balaban J connectivity index is 4.18. The van der Waals surface area contributed by atoms with E-state index in [2.05, 4.69) is 11.0 Å². The second-order valence-corrected chi connectivity index (χ2v) is 6.51. The van der Waals surface area contributed by atoms with E-state index in [-0.39, 0.29) is 13.2 Å². The van der Waals surface area contributed by atoms with Gasteiger partial charge in [0.2, 0.25) is 7.37 Å². The molecule has 6 nitrogen and oxygen atoms in total. The molecular formula is C8H21N2O4P. The van der Waals surface area contributed by atoms with Crippen LogP contribution in [0.15, 0.2) is 0 Å². The minimum absolute atomic E-state index is 0.203. The van der Waals surface area contributed by atoms with E-state index in [0.717, 1.165) is 0 Å². The Kier molecular flexibility index (Phi) is 7.34. The summed E-state index contributed by atoms with van der Waals surface area (Å²) in [6, 6.07) is 0. The van der Waals surface area contributed by atoms with E-state index in [9.17, 15) is 9.46 Å². The molecular weight excluding hydrogens is 219 g/mol. The second kappa shape index (κ2) is 7.33. The fourth-order valence-electron chi connectivity index (χ4n) is 1.06. The Hall–Kier alpha value is 0.0300. The third-order valence-electron chi connectivity index (χ3n) is 2.20. The SMILES string of the molecule is CNOCC(C)P(=O)(O)C(C)CONC. The highest BCUT2D eigenvalue weighted by Gasteiger charge is 2.33. The predicted octanol–water partition coefficient (Wildman–Crippen LogP) is 0.336. The van der Waals surface area contributed by atoms with Crippen molar-refractivity contribution in [2.24, 2.45) is 0 Å². The van der Waals surface area contributed by atoms with Crippen molar-refractivity contribution in [3.63, 3.8) is 0 Å². The molecule has 0 saturated heterocycles. The van der Waals surface area contributed by atoms with E-state index in [1.807, 2.05) is 0 Å². The highest BCUT2D eigenvalue weighted by molar-refractivity contribution is 7.59. The summed E-state index contributed by atoms with van der Waals surface area (Å²) in [5, 5.41) is 0. The second-order valence-electron chi connectivity index (χ2n) is 3.40. The smallest absolute Gasteiger partial charge is 0.210 e. The summed E-state index contributed by atoms with van der Waals surface area (Å²) in [5.74, 6) is 0. The van der Waals surface area contributed by atoms with E-state index in [0.29, 0.717) is 0 Å². The van der Waals surface area contributed by atoms with Gasteiger partial charge in [0, 0.05) is 14.1 Å². The van der Waals surface area contributed by atoms with Crippen molar-refractivity contribution in [3.05, 3.63) is 0 Å². The molecule has 0 aliphatic rings. The molecule has 0 aromatic heterocycles. The van der Waals surface area contributed by atoms with Gasteiger partial charge in [0.1, 0.15) is 0 Å². The van der Waals surface area contributed by atoms with Crippen LogP contribution in [0.25, 0.3) is 0 Å². The lowest BCUT2D eigenvalue weighted by molar-refractivity contribution is 0.0523. The normalized spacial score (nSPS) is 19.5. The maximum atomic E-state index is 12.0. The molecule has 92 valence electrons. The minimum atomic E-state index is -3.26. The maximum absolute atomic E-state index is 12.0. The Labute approximate surface area is 90.7 Å². The first-order chi connectivity index (χ1) is 6.96. The van der Waals surface area contributed by atoms with E-state index in [1.165, 1.54) is 0 Å². The fraction of sp³-hybridized carbons (Fsp3) is 1.00. The lowest BCUT2D eigenvalue weighted by Crippen LogP contribution is -2.26. The first kappa shape index (κ1) is 15.0. The third kappa shape index (κ3) is 5.06. The van der Waals surface area contributed by atoms with Crippen molar-refractivity contribution in [1.29, 1.82) is 0 Å². The monoisotopic (exact) mass is 240 g/mol. The molecule has 0 fully saturated rings. The number of hydrogen-bond donors (Lipinski definition) is 3. The van der Waals surface area contributed by atoms with Gasteiger partial charge in [-0.2, -0.15) is 0 Å². The molecule has 0 aliphatic heterocycles. The van der Waals surface area contributed by atoms with E-state index >= 15 is 0 Å². The topological polar surface area (TPSA) is 79.8 Å². The average molecular weight is 240 g/mol. The van der Waals surface area contributed by atoms with Crippen LogP contribution in [0.2, 0.25) is 0 Å². The highest BCUT2D eigenvalue weighted by atomic mass is 31.2. The van der Waals surface area contributed by atoms with Gasteiger partial charge in [-0.3, -0.25) is 4.57 Å². The summed E-state index contributed by atoms with van der Waals surface area (Å²) >= 11 is 0. The Morgan fingerprint density at radius 1 is 1.13 bits per heavy atom. The Morgan fingerprint density at radius 3 is 1.73 bits per heavy atom. The summed E-state index contributed by atoms with van der Waals surface area (Å²) < 4.78 is 12.0. The number of hydroxylamine groups is 2. The van der Waals surface area contributed by atoms with Crippen LogP contribution < -0.4 is 11.0 Å². The van der Waals surface area contributed by atoms with Gasteiger partial charge in [-0.05, 0) is 0 Å². The van der Waals surface area contributed by atoms with Gasteiger partial charge >= 0.3 is 0 Å². The molecule has 2 atom stereocenters. The zero-order chi connectivity index (χ0) is 11.9. The molecule has 0 saturated carbocycles. The number of hydrogen-bond acceptors (Lipinski definition) is 5. The molecule has 3 N–H and O–H groups in total. The van der Waals surface area contributed by atoms with Crippen molar-refractivity contribution in [2.45, 2.75) is 25.2 Å². The molecule has 2 unspecified atom stereocenters. The third-order valence-corrected chi connectivity index (χ3v) is 5.03. The molecule has 0 aromatic rings. The summed E-state index contributed by atoms with van der Waals surface area (Å²) in [6.45, 7) is 3.78. The van der Waals surface area contributed by atoms with Crippen LogP contribution in [0.5, 0.6) is 0 Å². The lowest BCUT2D eigenvalue weighted by atomic mass is 10.5. The standard InChI is InChI=1S/C8H21N2O4P/c1-7(5-13-9-3)15(11,12)8(2)6-14-10-4/h7-10H,5-6H2,1-4H3,(H,11,12). The van der Waals surface area contributed by atoms with Crippen LogP contribution in [0.3, 0.4) is 0 Å². The van der Waals surface area contributed by atoms with E-state index in [1.54, 1.807) is 27.9 Å². The molecule has 0 aliphatic carbocycles. The van der Waals surface area contributed by atoms with Crippen molar-refractivity contribution in [3.8, 4) is 0 Å². The lowest BCUT2D eigenvalue weighted by Gasteiger charge is -2.24. The first-order valence-electron chi connectivity index (χ1n) is 4.86. The van der Waals surface area contributed by atoms with E-state index in [4.69, 9.17) is 9.68 Å². The summed E-state index contributed by atoms with van der Waals surface area (Å²) in [5.41, 5.74) is 4.12. The number of rotatable bonds is 8. The first-order valence-corrected chi connectivity index (χ1v) is 6.65. The average Bonchev–Trinajstić information content (AvgIpc) is 2.21. The van der Waals surface area contributed by atoms with Gasteiger partial charge in [-0.15, -0.1) is 0 Å². The quantitative estimate of drug-likeness (QED) is 0.419. The van der Waals surface area contributed by atoms with Crippen molar-refractivity contribution >= 4 is 7.37 Å². The fourth-order valence-corrected chi connectivity index (χ4v) is 2.50. The van der Waals surface area contributed by atoms with Gasteiger partial charge in [-0.1, -0.05) is 13.8 Å². The van der Waals surface area contributed by atoms with Gasteiger partial charge in [0.25, 0.3) is 0 Å². The van der Waals surface area contributed by atoms with Crippen LogP contribution in [-0.4, -0.2) is 43.5 Å². The van der Waals surface area contributed by atoms with Gasteiger partial charge < -0.3 is 14.6 Å². The molecule has 0 radical (unpaired) electrons. The van der Waals surface area contributed by atoms with Crippen LogP contribution in [-0.2, 0) is 14.2 Å². The van der Waals surface area contributed by atoms with Crippen LogP contribution in [0, 0.1) is 0 Å². The van der Waals surface area contributed by atoms with Crippen molar-refractivity contribution in [1.82, 2.24) is 11.0 Å². The number of nitrogens with one attached hydrogen (secondary N) is 2. The van der Waals surface area contributed by atoms with Crippen LogP contribution >= 0.6 is 7.37 Å². The molecule has 0 amide bonds. The molecule has 7 heteroatoms. The maximum Gasteiger partial charge on any atom is 0.210 e. The zero-order valence-electron chi connectivity index (χ0n) is 9.69. The van der Waals surface area contributed by atoms with Crippen LogP contribution in [0.1, 0.15) is 13.8 Å². The van der Waals surface area contributed by atoms with Crippen molar-refractivity contribution in [2.75, 3.05) is 27.3 Å². The van der Waals surface area contributed by atoms with E-state index < -0.39 is 18.7 Å². The minimum Gasteiger partial charge on any atom is -0.344 e. The largest absolute Gasteiger partial charge is 0.344 e. The Morgan fingerprint density at radius 2 is 1.47 bits per heavy atom. The molecule has 0 spiro atoms. The van der Waals surface area contributed by atoms with Gasteiger partial charge in [-0.25, -0.2) is 11.0 Å².